The summed E-state index contributed by atoms with van der Waals surface area (Å²) in [5, 5.41) is 20.6. The standard InChI is InChI=1S/C15H20F2O2/c16-12-6-5-7-13(17)11(12)10-14(18)15(19)8-3-1-2-4-9-15/h5-7,14,18-19H,1-4,8-10H2. The summed E-state index contributed by atoms with van der Waals surface area (Å²) in [5.41, 5.74) is -1.36. The molecule has 1 atom stereocenters. The third kappa shape index (κ3) is 3.31. The molecule has 106 valence electrons. The minimum atomic E-state index is -1.22. The largest absolute Gasteiger partial charge is 0.390 e. The summed E-state index contributed by atoms with van der Waals surface area (Å²) in [6, 6.07) is 3.63. The molecule has 0 spiro atoms. The predicted molar refractivity (Wildman–Crippen MR) is 68.7 cm³/mol. The highest BCUT2D eigenvalue weighted by Gasteiger charge is 2.36. The number of benzene rings is 1. The Morgan fingerprint density at radius 1 is 1.05 bits per heavy atom. The quantitative estimate of drug-likeness (QED) is 0.829. The molecule has 4 heteroatoms. The Morgan fingerprint density at radius 2 is 1.58 bits per heavy atom. The van der Waals surface area contributed by atoms with E-state index in [9.17, 15) is 19.0 Å². The zero-order valence-electron chi connectivity index (χ0n) is 10.9. The van der Waals surface area contributed by atoms with Crippen LogP contribution in [0.4, 0.5) is 8.78 Å². The van der Waals surface area contributed by atoms with E-state index < -0.39 is 23.3 Å². The van der Waals surface area contributed by atoms with Crippen molar-refractivity contribution in [3.05, 3.63) is 35.4 Å². The molecule has 0 heterocycles. The third-order valence-corrected chi connectivity index (χ3v) is 4.05. The number of halogens is 2. The zero-order valence-corrected chi connectivity index (χ0v) is 10.9. The fraction of sp³-hybridized carbons (Fsp3) is 0.600. The Morgan fingerprint density at radius 3 is 2.11 bits per heavy atom. The van der Waals surface area contributed by atoms with Crippen molar-refractivity contribution < 1.29 is 19.0 Å². The van der Waals surface area contributed by atoms with Crippen molar-refractivity contribution in [2.24, 2.45) is 0 Å². The average molecular weight is 270 g/mol. The molecule has 0 bridgehead atoms. The van der Waals surface area contributed by atoms with Gasteiger partial charge in [-0.15, -0.1) is 0 Å². The Labute approximate surface area is 112 Å². The van der Waals surface area contributed by atoms with Gasteiger partial charge >= 0.3 is 0 Å². The number of hydrogen-bond acceptors (Lipinski definition) is 2. The van der Waals surface area contributed by atoms with Gasteiger partial charge in [0.2, 0.25) is 0 Å². The highest BCUT2D eigenvalue weighted by molar-refractivity contribution is 5.21. The summed E-state index contributed by atoms with van der Waals surface area (Å²) in [4.78, 5) is 0. The van der Waals surface area contributed by atoms with E-state index in [2.05, 4.69) is 0 Å². The van der Waals surface area contributed by atoms with Crippen LogP contribution in [0.2, 0.25) is 0 Å². The van der Waals surface area contributed by atoms with E-state index >= 15 is 0 Å². The van der Waals surface area contributed by atoms with Crippen LogP contribution in [0.1, 0.15) is 44.1 Å². The van der Waals surface area contributed by atoms with Crippen LogP contribution in [0.15, 0.2) is 18.2 Å². The fourth-order valence-electron chi connectivity index (χ4n) is 2.78. The molecule has 19 heavy (non-hydrogen) atoms. The minimum Gasteiger partial charge on any atom is -0.390 e. The topological polar surface area (TPSA) is 40.5 Å². The molecule has 1 aromatic carbocycles. The predicted octanol–water partition coefficient (Wildman–Crippen LogP) is 2.95. The number of aliphatic hydroxyl groups excluding tert-OH is 1. The van der Waals surface area contributed by atoms with Crippen molar-refractivity contribution in [1.29, 1.82) is 0 Å². The fourth-order valence-corrected chi connectivity index (χ4v) is 2.78. The summed E-state index contributed by atoms with van der Waals surface area (Å²) in [5.74, 6) is -1.34. The normalized spacial score (nSPS) is 20.8. The van der Waals surface area contributed by atoms with Gasteiger partial charge in [0.1, 0.15) is 11.6 Å². The molecule has 2 nitrogen and oxygen atoms in total. The molecular weight excluding hydrogens is 250 g/mol. The van der Waals surface area contributed by atoms with E-state index in [0.29, 0.717) is 12.8 Å². The molecule has 0 aliphatic heterocycles. The van der Waals surface area contributed by atoms with Crippen LogP contribution >= 0.6 is 0 Å². The maximum atomic E-state index is 13.6. The smallest absolute Gasteiger partial charge is 0.129 e. The van der Waals surface area contributed by atoms with Crippen molar-refractivity contribution in [3.8, 4) is 0 Å². The first-order valence-electron chi connectivity index (χ1n) is 6.86. The second kappa shape index (κ2) is 5.97. The number of hydrogen-bond donors (Lipinski definition) is 2. The molecule has 1 aliphatic rings. The molecule has 1 fully saturated rings. The molecule has 0 amide bonds. The molecule has 1 aliphatic carbocycles. The van der Waals surface area contributed by atoms with E-state index in [4.69, 9.17) is 0 Å². The molecule has 2 rings (SSSR count). The van der Waals surface area contributed by atoms with Gasteiger partial charge in [-0.25, -0.2) is 8.78 Å². The van der Waals surface area contributed by atoms with Crippen molar-refractivity contribution in [3.63, 3.8) is 0 Å². The lowest BCUT2D eigenvalue weighted by molar-refractivity contribution is -0.0841. The van der Waals surface area contributed by atoms with Gasteiger partial charge in [0.25, 0.3) is 0 Å². The maximum Gasteiger partial charge on any atom is 0.129 e. The zero-order chi connectivity index (χ0) is 13.9. The average Bonchev–Trinajstić information content (AvgIpc) is 2.60. The molecule has 1 aromatic rings. The summed E-state index contributed by atoms with van der Waals surface area (Å²) < 4.78 is 27.1. The summed E-state index contributed by atoms with van der Waals surface area (Å²) in [7, 11) is 0. The number of rotatable bonds is 3. The first-order chi connectivity index (χ1) is 9.03. The highest BCUT2D eigenvalue weighted by Crippen LogP contribution is 2.32. The minimum absolute atomic E-state index is 0.146. The second-order valence-corrected chi connectivity index (χ2v) is 5.44. The van der Waals surface area contributed by atoms with Crippen molar-refractivity contribution in [1.82, 2.24) is 0 Å². The van der Waals surface area contributed by atoms with Crippen LogP contribution < -0.4 is 0 Å². The summed E-state index contributed by atoms with van der Waals surface area (Å²) in [6.07, 6.45) is 3.41. The molecule has 0 radical (unpaired) electrons. The second-order valence-electron chi connectivity index (χ2n) is 5.44. The Bertz CT molecular complexity index is 406. The Balaban J connectivity index is 2.13. The summed E-state index contributed by atoms with van der Waals surface area (Å²) >= 11 is 0. The van der Waals surface area contributed by atoms with Gasteiger partial charge < -0.3 is 10.2 Å². The Hall–Kier alpha value is -1.00. The Kier molecular flexibility index (Phi) is 4.53. The molecule has 2 N–H and O–H groups in total. The van der Waals surface area contributed by atoms with Crippen molar-refractivity contribution >= 4 is 0 Å². The van der Waals surface area contributed by atoms with Crippen LogP contribution in [0, 0.1) is 11.6 Å². The van der Waals surface area contributed by atoms with Crippen LogP contribution in [0.5, 0.6) is 0 Å². The maximum absolute atomic E-state index is 13.6. The molecule has 1 saturated carbocycles. The van der Waals surface area contributed by atoms with Crippen LogP contribution in [0.25, 0.3) is 0 Å². The monoisotopic (exact) mass is 270 g/mol. The van der Waals surface area contributed by atoms with E-state index in [0.717, 1.165) is 25.7 Å². The molecular formula is C15H20F2O2. The van der Waals surface area contributed by atoms with Gasteiger partial charge in [0, 0.05) is 12.0 Å². The van der Waals surface area contributed by atoms with Gasteiger partial charge in [-0.1, -0.05) is 31.7 Å². The van der Waals surface area contributed by atoms with Crippen molar-refractivity contribution in [2.45, 2.75) is 56.7 Å². The molecule has 1 unspecified atom stereocenters. The molecule has 0 aromatic heterocycles. The van der Waals surface area contributed by atoms with Crippen LogP contribution in [-0.4, -0.2) is 21.9 Å². The van der Waals surface area contributed by atoms with Crippen LogP contribution in [-0.2, 0) is 6.42 Å². The SMILES string of the molecule is OC(Cc1c(F)cccc1F)C1(O)CCCCCC1. The third-order valence-electron chi connectivity index (χ3n) is 4.05. The van der Waals surface area contributed by atoms with Gasteiger partial charge in [0.15, 0.2) is 0 Å². The lowest BCUT2D eigenvalue weighted by atomic mass is 9.85. The summed E-state index contributed by atoms with van der Waals surface area (Å²) in [6.45, 7) is 0. The molecule has 0 saturated heterocycles. The first-order valence-corrected chi connectivity index (χ1v) is 6.86. The lowest BCUT2D eigenvalue weighted by Crippen LogP contribution is -2.43. The van der Waals surface area contributed by atoms with Gasteiger partial charge in [-0.05, 0) is 25.0 Å². The van der Waals surface area contributed by atoms with Gasteiger partial charge in [-0.2, -0.15) is 0 Å². The van der Waals surface area contributed by atoms with Gasteiger partial charge in [-0.3, -0.25) is 0 Å². The van der Waals surface area contributed by atoms with E-state index in [1.807, 2.05) is 0 Å². The first kappa shape index (κ1) is 14.4. The van der Waals surface area contributed by atoms with Crippen LogP contribution in [0.3, 0.4) is 0 Å². The van der Waals surface area contributed by atoms with E-state index in [-0.39, 0.29) is 12.0 Å². The number of aliphatic hydroxyl groups is 2. The van der Waals surface area contributed by atoms with E-state index in [1.54, 1.807) is 0 Å². The lowest BCUT2D eigenvalue weighted by Gasteiger charge is -2.32. The van der Waals surface area contributed by atoms with Crippen molar-refractivity contribution in [2.75, 3.05) is 0 Å². The van der Waals surface area contributed by atoms with E-state index in [1.165, 1.54) is 18.2 Å². The van der Waals surface area contributed by atoms with Gasteiger partial charge in [0.05, 0.1) is 11.7 Å². The highest BCUT2D eigenvalue weighted by atomic mass is 19.1.